The highest BCUT2D eigenvalue weighted by molar-refractivity contribution is 5.53. The third kappa shape index (κ3) is 4.25. The summed E-state index contributed by atoms with van der Waals surface area (Å²) in [7, 11) is 0. The van der Waals surface area contributed by atoms with Crippen LogP contribution in [0, 0.1) is 23.2 Å². The fourth-order valence-corrected chi connectivity index (χ4v) is 2.67. The van der Waals surface area contributed by atoms with E-state index in [1.807, 2.05) is 6.92 Å². The first-order valence-corrected chi connectivity index (χ1v) is 6.82. The smallest absolute Gasteiger partial charge is 0.123 e. The van der Waals surface area contributed by atoms with E-state index in [1.165, 1.54) is 0 Å². The summed E-state index contributed by atoms with van der Waals surface area (Å²) >= 11 is 0. The average molecular weight is 240 g/mol. The molecule has 0 bridgehead atoms. The molecule has 0 rings (SSSR count). The molecular formula is C15H28O2. The van der Waals surface area contributed by atoms with Crippen molar-refractivity contribution in [2.24, 2.45) is 23.2 Å². The van der Waals surface area contributed by atoms with Gasteiger partial charge in [0.05, 0.1) is 0 Å². The molecule has 0 N–H and O–H groups in total. The fraction of sp³-hybridized carbons (Fsp3) is 0.867. The van der Waals surface area contributed by atoms with E-state index in [-0.39, 0.29) is 11.3 Å². The van der Waals surface area contributed by atoms with Gasteiger partial charge in [0, 0.05) is 12.3 Å². The van der Waals surface area contributed by atoms with E-state index in [0.717, 1.165) is 31.8 Å². The third-order valence-corrected chi connectivity index (χ3v) is 4.82. The van der Waals surface area contributed by atoms with Crippen molar-refractivity contribution < 1.29 is 9.59 Å². The Morgan fingerprint density at radius 2 is 1.76 bits per heavy atom. The van der Waals surface area contributed by atoms with Gasteiger partial charge in [0.25, 0.3) is 0 Å². The van der Waals surface area contributed by atoms with Crippen molar-refractivity contribution in [1.29, 1.82) is 0 Å². The van der Waals surface area contributed by atoms with E-state index in [4.69, 9.17) is 0 Å². The van der Waals surface area contributed by atoms with Crippen LogP contribution in [0.5, 0.6) is 0 Å². The van der Waals surface area contributed by atoms with Crippen molar-refractivity contribution >= 4 is 12.6 Å². The second-order valence-corrected chi connectivity index (χ2v) is 5.66. The Morgan fingerprint density at radius 1 is 1.18 bits per heavy atom. The lowest BCUT2D eigenvalue weighted by molar-refractivity contribution is -0.114. The van der Waals surface area contributed by atoms with Gasteiger partial charge in [-0.2, -0.15) is 0 Å². The lowest BCUT2D eigenvalue weighted by Crippen LogP contribution is -2.36. The summed E-state index contributed by atoms with van der Waals surface area (Å²) < 4.78 is 0. The maximum atomic E-state index is 11.0. The number of carbonyl (C=O) groups excluding carboxylic acids is 2. The molecule has 0 aliphatic rings. The van der Waals surface area contributed by atoms with Crippen molar-refractivity contribution in [3.8, 4) is 0 Å². The Kier molecular flexibility index (Phi) is 7.33. The van der Waals surface area contributed by atoms with Crippen molar-refractivity contribution in [3.63, 3.8) is 0 Å². The lowest BCUT2D eigenvalue weighted by Gasteiger charge is -2.42. The summed E-state index contributed by atoms with van der Waals surface area (Å²) in [4.78, 5) is 21.4. The molecule has 17 heavy (non-hydrogen) atoms. The van der Waals surface area contributed by atoms with Gasteiger partial charge in [0.15, 0.2) is 0 Å². The van der Waals surface area contributed by atoms with Gasteiger partial charge in [-0.3, -0.25) is 0 Å². The SMILES string of the molecule is CCC(C)[C@](C)(CCCC=O)C(C)[C@H](C)C=O. The third-order valence-electron chi connectivity index (χ3n) is 4.82. The van der Waals surface area contributed by atoms with Gasteiger partial charge in [0.2, 0.25) is 0 Å². The molecule has 0 radical (unpaired) electrons. The monoisotopic (exact) mass is 240 g/mol. The number of carbonyl (C=O) groups is 2. The molecule has 0 spiro atoms. The summed E-state index contributed by atoms with van der Waals surface area (Å²) in [6.45, 7) is 10.9. The molecule has 0 saturated heterocycles. The van der Waals surface area contributed by atoms with Gasteiger partial charge >= 0.3 is 0 Å². The Labute approximate surface area is 106 Å². The van der Waals surface area contributed by atoms with Crippen LogP contribution >= 0.6 is 0 Å². The number of aldehydes is 2. The standard InChI is InChI=1S/C15H28O2/c1-6-13(3)15(5,9-7-8-10-16)14(4)12(2)11-17/h10-14H,6-9H2,1-5H3/t12-,13?,14?,15+/m1/s1. The maximum Gasteiger partial charge on any atom is 0.123 e. The molecule has 2 nitrogen and oxygen atoms in total. The molecule has 0 aliphatic heterocycles. The second kappa shape index (κ2) is 7.62. The molecule has 0 saturated carbocycles. The number of hydrogen-bond donors (Lipinski definition) is 0. The molecule has 0 aromatic carbocycles. The first-order valence-electron chi connectivity index (χ1n) is 6.82. The van der Waals surface area contributed by atoms with Crippen LogP contribution in [0.2, 0.25) is 0 Å². The highest BCUT2D eigenvalue weighted by Crippen LogP contribution is 2.44. The Hall–Kier alpha value is -0.660. The maximum absolute atomic E-state index is 11.0. The molecule has 0 fully saturated rings. The average Bonchev–Trinajstić information content (AvgIpc) is 2.35. The highest BCUT2D eigenvalue weighted by Gasteiger charge is 2.37. The molecule has 0 aliphatic carbocycles. The molecule has 100 valence electrons. The van der Waals surface area contributed by atoms with Crippen molar-refractivity contribution in [1.82, 2.24) is 0 Å². The summed E-state index contributed by atoms with van der Waals surface area (Å²) in [6.07, 6.45) is 5.76. The van der Waals surface area contributed by atoms with Crippen LogP contribution in [-0.4, -0.2) is 12.6 Å². The topological polar surface area (TPSA) is 34.1 Å². The predicted octanol–water partition coefficient (Wildman–Crippen LogP) is 3.88. The van der Waals surface area contributed by atoms with Gasteiger partial charge in [-0.05, 0) is 30.1 Å². The minimum atomic E-state index is 0.0882. The highest BCUT2D eigenvalue weighted by atomic mass is 16.1. The largest absolute Gasteiger partial charge is 0.303 e. The van der Waals surface area contributed by atoms with Crippen LogP contribution in [0.4, 0.5) is 0 Å². The van der Waals surface area contributed by atoms with Crippen molar-refractivity contribution in [2.75, 3.05) is 0 Å². The molecular weight excluding hydrogens is 212 g/mol. The van der Waals surface area contributed by atoms with E-state index in [1.54, 1.807) is 0 Å². The summed E-state index contributed by atoms with van der Waals surface area (Å²) in [5.41, 5.74) is 0.151. The molecule has 4 atom stereocenters. The number of hydrogen-bond acceptors (Lipinski definition) is 2. The fourth-order valence-electron chi connectivity index (χ4n) is 2.67. The zero-order valence-electron chi connectivity index (χ0n) is 12.0. The van der Waals surface area contributed by atoms with E-state index in [9.17, 15) is 9.59 Å². The predicted molar refractivity (Wildman–Crippen MR) is 71.9 cm³/mol. The van der Waals surface area contributed by atoms with Crippen LogP contribution in [-0.2, 0) is 9.59 Å². The summed E-state index contributed by atoms with van der Waals surface area (Å²) in [6, 6.07) is 0. The molecule has 0 aromatic rings. The minimum absolute atomic E-state index is 0.0882. The van der Waals surface area contributed by atoms with Crippen LogP contribution in [0.25, 0.3) is 0 Å². The summed E-state index contributed by atoms with van der Waals surface area (Å²) in [5, 5.41) is 0. The van der Waals surface area contributed by atoms with Gasteiger partial charge < -0.3 is 9.59 Å². The molecule has 0 heterocycles. The number of rotatable bonds is 9. The Bertz CT molecular complexity index is 237. The second-order valence-electron chi connectivity index (χ2n) is 5.66. The Morgan fingerprint density at radius 3 is 2.18 bits per heavy atom. The van der Waals surface area contributed by atoms with Gasteiger partial charge in [-0.15, -0.1) is 0 Å². The van der Waals surface area contributed by atoms with Gasteiger partial charge in [-0.1, -0.05) is 41.0 Å². The van der Waals surface area contributed by atoms with E-state index in [0.29, 0.717) is 18.3 Å². The molecule has 2 heteroatoms. The van der Waals surface area contributed by atoms with E-state index in [2.05, 4.69) is 27.7 Å². The van der Waals surface area contributed by atoms with Crippen molar-refractivity contribution in [2.45, 2.75) is 60.3 Å². The van der Waals surface area contributed by atoms with Gasteiger partial charge in [0.1, 0.15) is 12.6 Å². The van der Waals surface area contributed by atoms with Crippen LogP contribution in [0.15, 0.2) is 0 Å². The normalized spacial score (nSPS) is 20.1. The zero-order valence-corrected chi connectivity index (χ0v) is 12.0. The molecule has 0 amide bonds. The number of unbranched alkanes of at least 4 members (excludes halogenated alkanes) is 1. The lowest BCUT2D eigenvalue weighted by atomic mass is 9.62. The van der Waals surface area contributed by atoms with Crippen molar-refractivity contribution in [3.05, 3.63) is 0 Å². The molecule has 0 aromatic heterocycles. The van der Waals surface area contributed by atoms with Crippen LogP contribution < -0.4 is 0 Å². The van der Waals surface area contributed by atoms with Crippen LogP contribution in [0.1, 0.15) is 60.3 Å². The zero-order chi connectivity index (χ0) is 13.5. The van der Waals surface area contributed by atoms with Crippen LogP contribution in [0.3, 0.4) is 0 Å². The van der Waals surface area contributed by atoms with Gasteiger partial charge in [-0.25, -0.2) is 0 Å². The molecule has 2 unspecified atom stereocenters. The first kappa shape index (κ1) is 16.3. The summed E-state index contributed by atoms with van der Waals surface area (Å²) in [5.74, 6) is 1.03. The Balaban J connectivity index is 4.81. The van der Waals surface area contributed by atoms with E-state index < -0.39 is 0 Å². The first-order chi connectivity index (χ1) is 7.93. The van der Waals surface area contributed by atoms with E-state index >= 15 is 0 Å². The minimum Gasteiger partial charge on any atom is -0.303 e. The quantitative estimate of drug-likeness (QED) is 0.453.